The number of amides is 1. The maximum absolute atomic E-state index is 11.1. The molecular formula is C23H38N4O2. The Balaban J connectivity index is 0.000000290. The van der Waals surface area contributed by atoms with E-state index in [0.29, 0.717) is 5.69 Å². The second kappa shape index (κ2) is 10.8. The van der Waals surface area contributed by atoms with Crippen molar-refractivity contribution >= 4 is 17.6 Å². The van der Waals surface area contributed by atoms with Crippen LogP contribution in [0.4, 0.5) is 16.3 Å². The number of rotatable bonds is 3. The Morgan fingerprint density at radius 3 is 2.21 bits per heavy atom. The Hall–Kier alpha value is -1.82. The van der Waals surface area contributed by atoms with E-state index in [1.165, 1.54) is 62.7 Å². The van der Waals surface area contributed by atoms with Crippen molar-refractivity contribution in [3.63, 3.8) is 0 Å². The quantitative estimate of drug-likeness (QED) is 0.783. The minimum atomic E-state index is -0.955. The molecule has 2 heterocycles. The van der Waals surface area contributed by atoms with Gasteiger partial charge in [-0.1, -0.05) is 51.9 Å². The van der Waals surface area contributed by atoms with E-state index in [-0.39, 0.29) is 0 Å². The third-order valence-corrected chi connectivity index (χ3v) is 6.78. The van der Waals surface area contributed by atoms with E-state index in [9.17, 15) is 4.79 Å². The highest BCUT2D eigenvalue weighted by atomic mass is 16.4. The molecule has 29 heavy (non-hydrogen) atoms. The smallest absolute Gasteiger partial charge is 0.411 e. The fourth-order valence-corrected chi connectivity index (χ4v) is 4.79. The van der Waals surface area contributed by atoms with Crippen LogP contribution in [0.25, 0.3) is 0 Å². The van der Waals surface area contributed by atoms with Gasteiger partial charge in [-0.25, -0.2) is 9.78 Å². The summed E-state index contributed by atoms with van der Waals surface area (Å²) in [4.78, 5) is 21.6. The van der Waals surface area contributed by atoms with Crippen LogP contribution >= 0.6 is 0 Å². The van der Waals surface area contributed by atoms with Crippen LogP contribution in [0.2, 0.25) is 0 Å². The molecule has 0 aromatic carbocycles. The van der Waals surface area contributed by atoms with Crippen LogP contribution in [-0.2, 0) is 0 Å². The molecule has 1 aliphatic heterocycles. The summed E-state index contributed by atoms with van der Waals surface area (Å²) in [6.45, 7) is 6.43. The van der Waals surface area contributed by atoms with Crippen molar-refractivity contribution in [2.24, 2.45) is 5.92 Å². The summed E-state index contributed by atoms with van der Waals surface area (Å²) in [5.74, 6) is 1.91. The highest BCUT2D eigenvalue weighted by Gasteiger charge is 2.26. The molecule has 1 N–H and O–H groups in total. The molecule has 0 atom stereocenters. The zero-order chi connectivity index (χ0) is 20.6. The van der Waals surface area contributed by atoms with Crippen molar-refractivity contribution in [1.82, 2.24) is 9.88 Å². The summed E-state index contributed by atoms with van der Waals surface area (Å²) in [5, 5.41) is 9.08. The fraction of sp³-hybridized carbons (Fsp3) is 0.739. The van der Waals surface area contributed by atoms with Gasteiger partial charge in [-0.15, -0.1) is 0 Å². The van der Waals surface area contributed by atoms with Crippen LogP contribution in [0, 0.1) is 5.92 Å². The molecule has 2 aliphatic carbocycles. The van der Waals surface area contributed by atoms with Gasteiger partial charge >= 0.3 is 6.09 Å². The zero-order valence-corrected chi connectivity index (χ0v) is 18.2. The van der Waals surface area contributed by atoms with E-state index in [2.05, 4.69) is 21.7 Å². The molecule has 6 nitrogen and oxygen atoms in total. The van der Waals surface area contributed by atoms with Crippen LogP contribution in [0.5, 0.6) is 0 Å². The zero-order valence-electron chi connectivity index (χ0n) is 18.2. The van der Waals surface area contributed by atoms with E-state index in [4.69, 9.17) is 5.11 Å². The summed E-state index contributed by atoms with van der Waals surface area (Å²) in [5.41, 5.74) is 0.663. The van der Waals surface area contributed by atoms with Gasteiger partial charge < -0.3 is 10.0 Å². The van der Waals surface area contributed by atoms with Gasteiger partial charge in [0.25, 0.3) is 0 Å². The van der Waals surface area contributed by atoms with Crippen molar-refractivity contribution in [2.45, 2.75) is 70.8 Å². The standard InChI is InChI=1S/C16H24N4O2.C7H14/c1-18(16(21)22)14-6-7-17-15(12-14)20-10-8-19(9-11-20)13-4-2-3-5-13;1-7-5-3-2-4-6-7/h6-7,12-13H,2-5,8-11H2,1H3,(H,21,22);7H,2-6H2,1H3. The number of carboxylic acid groups (broad SMARTS) is 1. The molecule has 0 spiro atoms. The SMILES string of the molecule is CC1CCCCC1.CN(C(=O)O)c1ccnc(N2CCN(C3CCCC3)CC2)c1. The third-order valence-electron chi connectivity index (χ3n) is 6.78. The summed E-state index contributed by atoms with van der Waals surface area (Å²) >= 11 is 0. The summed E-state index contributed by atoms with van der Waals surface area (Å²) in [7, 11) is 1.56. The first-order chi connectivity index (χ1) is 14.0. The topological polar surface area (TPSA) is 59.9 Å². The maximum Gasteiger partial charge on any atom is 0.411 e. The van der Waals surface area contributed by atoms with Gasteiger partial charge in [0.15, 0.2) is 0 Å². The number of pyridine rings is 1. The van der Waals surface area contributed by atoms with E-state index in [1.54, 1.807) is 19.3 Å². The molecule has 162 valence electrons. The number of hydrogen-bond acceptors (Lipinski definition) is 4. The molecule has 2 saturated carbocycles. The Labute approximate surface area is 175 Å². The molecule has 1 aromatic heterocycles. The number of carbonyl (C=O) groups is 1. The van der Waals surface area contributed by atoms with Crippen molar-refractivity contribution in [1.29, 1.82) is 0 Å². The minimum Gasteiger partial charge on any atom is -0.465 e. The molecule has 1 amide bonds. The van der Waals surface area contributed by atoms with Crippen molar-refractivity contribution in [3.8, 4) is 0 Å². The summed E-state index contributed by atoms with van der Waals surface area (Å²) < 4.78 is 0. The molecule has 3 fully saturated rings. The van der Waals surface area contributed by atoms with Crippen LogP contribution < -0.4 is 9.80 Å². The molecular weight excluding hydrogens is 364 g/mol. The molecule has 1 saturated heterocycles. The number of aromatic nitrogens is 1. The van der Waals surface area contributed by atoms with Gasteiger partial charge in [-0.3, -0.25) is 9.80 Å². The van der Waals surface area contributed by atoms with E-state index in [0.717, 1.165) is 44.0 Å². The average Bonchev–Trinajstić information content (AvgIpc) is 3.29. The van der Waals surface area contributed by atoms with Crippen molar-refractivity contribution in [2.75, 3.05) is 43.0 Å². The van der Waals surface area contributed by atoms with E-state index < -0.39 is 6.09 Å². The van der Waals surface area contributed by atoms with E-state index >= 15 is 0 Å². The largest absolute Gasteiger partial charge is 0.465 e. The second-order valence-corrected chi connectivity index (χ2v) is 8.92. The van der Waals surface area contributed by atoms with E-state index in [1.807, 2.05) is 6.07 Å². The van der Waals surface area contributed by atoms with Gasteiger partial charge in [0.1, 0.15) is 5.82 Å². The number of hydrogen-bond donors (Lipinski definition) is 1. The Bertz CT molecular complexity index is 634. The highest BCUT2D eigenvalue weighted by Crippen LogP contribution is 2.26. The lowest BCUT2D eigenvalue weighted by Gasteiger charge is -2.38. The second-order valence-electron chi connectivity index (χ2n) is 8.92. The van der Waals surface area contributed by atoms with Crippen LogP contribution in [0.1, 0.15) is 64.7 Å². The molecule has 4 rings (SSSR count). The summed E-state index contributed by atoms with van der Waals surface area (Å²) in [6.07, 6.45) is 13.6. The number of nitrogens with zero attached hydrogens (tertiary/aromatic N) is 4. The normalized spacial score (nSPS) is 21.5. The van der Waals surface area contributed by atoms with Crippen molar-refractivity contribution in [3.05, 3.63) is 18.3 Å². The Morgan fingerprint density at radius 2 is 1.66 bits per heavy atom. The summed E-state index contributed by atoms with van der Waals surface area (Å²) in [6, 6.07) is 4.37. The maximum atomic E-state index is 11.1. The fourth-order valence-electron chi connectivity index (χ4n) is 4.79. The monoisotopic (exact) mass is 402 g/mol. The lowest BCUT2D eigenvalue weighted by Crippen LogP contribution is -2.50. The lowest BCUT2D eigenvalue weighted by molar-refractivity contribution is 0.187. The van der Waals surface area contributed by atoms with Gasteiger partial charge in [-0.2, -0.15) is 0 Å². The first kappa shape index (κ1) is 21.9. The molecule has 6 heteroatoms. The highest BCUT2D eigenvalue weighted by molar-refractivity contribution is 5.85. The van der Waals surface area contributed by atoms with Gasteiger partial charge in [0.2, 0.25) is 0 Å². The molecule has 0 bridgehead atoms. The minimum absolute atomic E-state index is 0.663. The Morgan fingerprint density at radius 1 is 1.03 bits per heavy atom. The number of piperazine rings is 1. The predicted molar refractivity (Wildman–Crippen MR) is 119 cm³/mol. The molecule has 0 radical (unpaired) electrons. The predicted octanol–water partition coefficient (Wildman–Crippen LogP) is 4.85. The van der Waals surface area contributed by atoms with Gasteiger partial charge in [-0.05, 0) is 24.8 Å². The Kier molecular flexibility index (Phi) is 8.16. The first-order valence-corrected chi connectivity index (χ1v) is 11.5. The van der Waals surface area contributed by atoms with Crippen LogP contribution in [0.15, 0.2) is 18.3 Å². The van der Waals surface area contributed by atoms with Crippen LogP contribution in [-0.4, -0.2) is 60.4 Å². The van der Waals surface area contributed by atoms with Gasteiger partial charge in [0, 0.05) is 51.5 Å². The number of anilines is 2. The van der Waals surface area contributed by atoms with Crippen LogP contribution in [0.3, 0.4) is 0 Å². The van der Waals surface area contributed by atoms with Gasteiger partial charge in [0.05, 0.1) is 5.69 Å². The molecule has 0 unspecified atom stereocenters. The third kappa shape index (κ3) is 6.33. The average molecular weight is 403 g/mol. The van der Waals surface area contributed by atoms with Crippen molar-refractivity contribution < 1.29 is 9.90 Å². The molecule has 3 aliphatic rings. The lowest BCUT2D eigenvalue weighted by atomic mass is 9.91. The molecule has 1 aromatic rings. The first-order valence-electron chi connectivity index (χ1n) is 11.5.